The number of rotatable bonds is 5. The van der Waals surface area contributed by atoms with Gasteiger partial charge >= 0.3 is 0 Å². The highest BCUT2D eigenvalue weighted by atomic mass is 16.3. The number of hydrogen-bond acceptors (Lipinski definition) is 4. The Morgan fingerprint density at radius 3 is 3.06 bits per heavy atom. The molecule has 1 aromatic rings. The van der Waals surface area contributed by atoms with Crippen LogP contribution in [-0.4, -0.2) is 44.5 Å². The molecule has 5 heteroatoms. The SMILES string of the molecule is CCC(O)CN(C)Cc1nnc2n1CCC2. The normalized spacial score (nSPS) is 16.8. The first-order valence-electron chi connectivity index (χ1n) is 5.98. The number of aryl methyl sites for hydroxylation is 1. The summed E-state index contributed by atoms with van der Waals surface area (Å²) in [5, 5.41) is 17.9. The first-order valence-corrected chi connectivity index (χ1v) is 5.98. The summed E-state index contributed by atoms with van der Waals surface area (Å²) in [5.41, 5.74) is 0. The third kappa shape index (κ3) is 2.41. The second-order valence-corrected chi connectivity index (χ2v) is 4.55. The molecule has 1 aromatic heterocycles. The average Bonchev–Trinajstić information content (AvgIpc) is 2.82. The molecular weight excluding hydrogens is 204 g/mol. The standard InChI is InChI=1S/C11H20N4O/c1-3-9(16)7-14(2)8-11-13-12-10-5-4-6-15(10)11/h9,16H,3-8H2,1-2H3. The van der Waals surface area contributed by atoms with Crippen molar-refractivity contribution in [3.63, 3.8) is 0 Å². The van der Waals surface area contributed by atoms with E-state index in [4.69, 9.17) is 0 Å². The highest BCUT2D eigenvalue weighted by Gasteiger charge is 2.18. The van der Waals surface area contributed by atoms with Crippen LogP contribution in [0.25, 0.3) is 0 Å². The van der Waals surface area contributed by atoms with Gasteiger partial charge in [0.05, 0.1) is 12.6 Å². The summed E-state index contributed by atoms with van der Waals surface area (Å²) in [4.78, 5) is 2.10. The number of aliphatic hydroxyl groups is 1. The van der Waals surface area contributed by atoms with Gasteiger partial charge < -0.3 is 9.67 Å². The minimum Gasteiger partial charge on any atom is -0.392 e. The van der Waals surface area contributed by atoms with Crippen molar-refractivity contribution in [3.05, 3.63) is 11.6 Å². The molecule has 2 rings (SSSR count). The van der Waals surface area contributed by atoms with Crippen molar-refractivity contribution < 1.29 is 5.11 Å². The third-order valence-corrected chi connectivity index (χ3v) is 3.09. The van der Waals surface area contributed by atoms with Crippen molar-refractivity contribution in [2.75, 3.05) is 13.6 Å². The number of fused-ring (bicyclic) bond motifs is 1. The number of aromatic nitrogens is 3. The van der Waals surface area contributed by atoms with E-state index in [9.17, 15) is 5.11 Å². The molecule has 90 valence electrons. The van der Waals surface area contributed by atoms with Gasteiger partial charge in [0.15, 0.2) is 0 Å². The van der Waals surface area contributed by atoms with E-state index < -0.39 is 0 Å². The number of hydrogen-bond donors (Lipinski definition) is 1. The van der Waals surface area contributed by atoms with E-state index in [1.54, 1.807) is 0 Å². The summed E-state index contributed by atoms with van der Waals surface area (Å²) in [6.07, 6.45) is 2.78. The molecule has 1 aliphatic heterocycles. The van der Waals surface area contributed by atoms with Crippen molar-refractivity contribution in [2.45, 2.75) is 45.4 Å². The molecule has 0 radical (unpaired) electrons. The number of likely N-dealkylation sites (N-methyl/N-ethyl adjacent to an activating group) is 1. The predicted molar refractivity (Wildman–Crippen MR) is 61.0 cm³/mol. The Kier molecular flexibility index (Phi) is 3.56. The molecule has 0 amide bonds. The zero-order valence-corrected chi connectivity index (χ0v) is 10.1. The molecule has 0 aromatic carbocycles. The lowest BCUT2D eigenvalue weighted by Gasteiger charge is -2.19. The van der Waals surface area contributed by atoms with Crippen LogP contribution in [0.4, 0.5) is 0 Å². The van der Waals surface area contributed by atoms with Gasteiger partial charge in [0.25, 0.3) is 0 Å². The van der Waals surface area contributed by atoms with Crippen LogP contribution in [0.5, 0.6) is 0 Å². The Bertz CT molecular complexity index is 350. The van der Waals surface area contributed by atoms with Crippen LogP contribution in [0, 0.1) is 0 Å². The van der Waals surface area contributed by atoms with Crippen LogP contribution >= 0.6 is 0 Å². The summed E-state index contributed by atoms with van der Waals surface area (Å²) < 4.78 is 2.20. The van der Waals surface area contributed by atoms with Gasteiger partial charge in [0.1, 0.15) is 11.6 Å². The van der Waals surface area contributed by atoms with Gasteiger partial charge in [-0.25, -0.2) is 0 Å². The Hall–Kier alpha value is -0.940. The molecule has 1 aliphatic rings. The van der Waals surface area contributed by atoms with Gasteiger partial charge in [0.2, 0.25) is 0 Å². The van der Waals surface area contributed by atoms with Gasteiger partial charge in [-0.15, -0.1) is 10.2 Å². The van der Waals surface area contributed by atoms with Gasteiger partial charge in [-0.2, -0.15) is 0 Å². The summed E-state index contributed by atoms with van der Waals surface area (Å²) >= 11 is 0. The van der Waals surface area contributed by atoms with Gasteiger partial charge in [-0.1, -0.05) is 6.92 Å². The van der Waals surface area contributed by atoms with Crippen LogP contribution in [0.3, 0.4) is 0 Å². The second kappa shape index (κ2) is 4.93. The molecule has 0 saturated heterocycles. The van der Waals surface area contributed by atoms with Crippen LogP contribution < -0.4 is 0 Å². The maximum atomic E-state index is 9.57. The Morgan fingerprint density at radius 2 is 2.31 bits per heavy atom. The minimum absolute atomic E-state index is 0.244. The minimum atomic E-state index is -0.244. The average molecular weight is 224 g/mol. The lowest BCUT2D eigenvalue weighted by Crippen LogP contribution is -2.29. The maximum Gasteiger partial charge on any atom is 0.147 e. The van der Waals surface area contributed by atoms with E-state index in [-0.39, 0.29) is 6.10 Å². The van der Waals surface area contributed by atoms with E-state index >= 15 is 0 Å². The van der Waals surface area contributed by atoms with Crippen LogP contribution in [0.15, 0.2) is 0 Å². The highest BCUT2D eigenvalue weighted by molar-refractivity contribution is 5.00. The Balaban J connectivity index is 1.93. The van der Waals surface area contributed by atoms with E-state index in [0.29, 0.717) is 6.54 Å². The fourth-order valence-corrected chi connectivity index (χ4v) is 2.12. The molecule has 0 bridgehead atoms. The molecule has 0 aliphatic carbocycles. The van der Waals surface area contributed by atoms with Crippen LogP contribution in [0.2, 0.25) is 0 Å². The van der Waals surface area contributed by atoms with E-state index in [1.165, 1.54) is 6.42 Å². The molecule has 0 spiro atoms. The van der Waals surface area contributed by atoms with Gasteiger partial charge in [-0.3, -0.25) is 4.90 Å². The monoisotopic (exact) mass is 224 g/mol. The summed E-state index contributed by atoms with van der Waals surface area (Å²) in [7, 11) is 2.01. The molecule has 1 atom stereocenters. The maximum absolute atomic E-state index is 9.57. The van der Waals surface area contributed by atoms with Gasteiger partial charge in [0, 0.05) is 19.5 Å². The third-order valence-electron chi connectivity index (χ3n) is 3.09. The largest absolute Gasteiger partial charge is 0.392 e. The van der Waals surface area contributed by atoms with E-state index in [1.807, 2.05) is 14.0 Å². The summed E-state index contributed by atoms with van der Waals surface area (Å²) in [5.74, 6) is 2.14. The molecule has 0 fully saturated rings. The zero-order valence-electron chi connectivity index (χ0n) is 10.1. The Labute approximate surface area is 96.1 Å². The smallest absolute Gasteiger partial charge is 0.147 e. The van der Waals surface area contributed by atoms with Crippen molar-refractivity contribution in [2.24, 2.45) is 0 Å². The summed E-state index contributed by atoms with van der Waals surface area (Å²) in [6.45, 7) is 4.50. The van der Waals surface area contributed by atoms with Crippen molar-refractivity contribution in [3.8, 4) is 0 Å². The zero-order chi connectivity index (χ0) is 11.5. The van der Waals surface area contributed by atoms with Crippen LogP contribution in [-0.2, 0) is 19.5 Å². The topological polar surface area (TPSA) is 54.2 Å². The molecule has 0 saturated carbocycles. The first kappa shape index (κ1) is 11.5. The first-order chi connectivity index (χ1) is 7.70. The van der Waals surface area contributed by atoms with Crippen molar-refractivity contribution in [1.82, 2.24) is 19.7 Å². The Morgan fingerprint density at radius 1 is 1.50 bits per heavy atom. The second-order valence-electron chi connectivity index (χ2n) is 4.55. The predicted octanol–water partition coefficient (Wildman–Crippen LogP) is 0.427. The van der Waals surface area contributed by atoms with Crippen molar-refractivity contribution in [1.29, 1.82) is 0 Å². The molecule has 1 N–H and O–H groups in total. The molecular formula is C11H20N4O. The number of aliphatic hydroxyl groups excluding tert-OH is 1. The highest BCUT2D eigenvalue weighted by Crippen LogP contribution is 2.14. The lowest BCUT2D eigenvalue weighted by atomic mass is 10.2. The molecule has 2 heterocycles. The molecule has 1 unspecified atom stereocenters. The van der Waals surface area contributed by atoms with Crippen molar-refractivity contribution >= 4 is 0 Å². The van der Waals surface area contributed by atoms with Gasteiger partial charge in [-0.05, 0) is 19.9 Å². The van der Waals surface area contributed by atoms with E-state index in [0.717, 1.165) is 37.6 Å². The lowest BCUT2D eigenvalue weighted by molar-refractivity contribution is 0.117. The molecule has 5 nitrogen and oxygen atoms in total. The summed E-state index contributed by atoms with van der Waals surface area (Å²) in [6, 6.07) is 0. The van der Waals surface area contributed by atoms with Crippen LogP contribution in [0.1, 0.15) is 31.4 Å². The quantitative estimate of drug-likeness (QED) is 0.788. The van der Waals surface area contributed by atoms with E-state index in [2.05, 4.69) is 19.7 Å². The number of nitrogens with zero attached hydrogens (tertiary/aromatic N) is 4. The molecule has 16 heavy (non-hydrogen) atoms. The fourth-order valence-electron chi connectivity index (χ4n) is 2.12. The fraction of sp³-hybridized carbons (Fsp3) is 0.818.